The Kier molecular flexibility index (Phi) is 8.10. The first-order valence-electron chi connectivity index (χ1n) is 8.00. The Hall–Kier alpha value is -0.370. The maximum absolute atomic E-state index is 12.0. The van der Waals surface area contributed by atoms with Gasteiger partial charge in [0, 0.05) is 25.6 Å². The molecule has 1 saturated heterocycles. The standard InChI is InChI=1S/C14H27N3O3S.ClH/c15-11-12-5-3-6-13(12)16-14(18)7-4-10-21(19,20)17-8-1-2-9-17;/h12-13H,1-11,15H2,(H,16,18);1H. The zero-order valence-corrected chi connectivity index (χ0v) is 14.6. The summed E-state index contributed by atoms with van der Waals surface area (Å²) in [5.74, 6) is 0.407. The van der Waals surface area contributed by atoms with Crippen molar-refractivity contribution < 1.29 is 13.2 Å². The SMILES string of the molecule is Cl.NCC1CCCC1NC(=O)CCCS(=O)(=O)N1CCCC1. The van der Waals surface area contributed by atoms with Crippen molar-refractivity contribution in [2.45, 2.75) is 51.0 Å². The van der Waals surface area contributed by atoms with Gasteiger partial charge < -0.3 is 11.1 Å². The van der Waals surface area contributed by atoms with Gasteiger partial charge in [-0.05, 0) is 44.6 Å². The number of rotatable bonds is 7. The minimum absolute atomic E-state index is 0. The fourth-order valence-corrected chi connectivity index (χ4v) is 4.88. The van der Waals surface area contributed by atoms with Crippen LogP contribution in [-0.2, 0) is 14.8 Å². The molecule has 1 aliphatic carbocycles. The van der Waals surface area contributed by atoms with E-state index in [9.17, 15) is 13.2 Å². The Bertz CT molecular complexity index is 452. The number of hydrogen-bond acceptors (Lipinski definition) is 4. The third-order valence-electron chi connectivity index (χ3n) is 4.57. The molecule has 2 unspecified atom stereocenters. The molecule has 1 saturated carbocycles. The van der Waals surface area contributed by atoms with E-state index in [2.05, 4.69) is 5.32 Å². The van der Waals surface area contributed by atoms with Gasteiger partial charge in [-0.1, -0.05) is 6.42 Å². The molecular formula is C14H28ClN3O3S. The molecule has 1 amide bonds. The second-order valence-electron chi connectivity index (χ2n) is 6.13. The minimum atomic E-state index is -3.17. The summed E-state index contributed by atoms with van der Waals surface area (Å²) in [4.78, 5) is 11.9. The Labute approximate surface area is 139 Å². The lowest BCUT2D eigenvalue weighted by atomic mass is 10.0. The topological polar surface area (TPSA) is 92.5 Å². The normalized spacial score (nSPS) is 25.9. The molecule has 0 aromatic heterocycles. The second kappa shape index (κ2) is 9.05. The summed E-state index contributed by atoms with van der Waals surface area (Å²) >= 11 is 0. The predicted octanol–water partition coefficient (Wildman–Crippen LogP) is 0.858. The molecule has 0 aromatic rings. The number of halogens is 1. The van der Waals surface area contributed by atoms with Crippen LogP contribution in [0.25, 0.3) is 0 Å². The van der Waals surface area contributed by atoms with E-state index in [1.54, 1.807) is 4.31 Å². The molecular weight excluding hydrogens is 326 g/mol. The maximum Gasteiger partial charge on any atom is 0.220 e. The van der Waals surface area contributed by atoms with Gasteiger partial charge >= 0.3 is 0 Å². The van der Waals surface area contributed by atoms with Crippen LogP contribution in [0.2, 0.25) is 0 Å². The average molecular weight is 354 g/mol. The zero-order chi connectivity index (χ0) is 15.3. The first-order valence-corrected chi connectivity index (χ1v) is 9.61. The van der Waals surface area contributed by atoms with E-state index in [1.165, 1.54) is 0 Å². The minimum Gasteiger partial charge on any atom is -0.353 e. The van der Waals surface area contributed by atoms with Gasteiger partial charge in [-0.2, -0.15) is 0 Å². The molecule has 8 heteroatoms. The number of nitrogens with one attached hydrogen (secondary N) is 1. The van der Waals surface area contributed by atoms with Crippen LogP contribution in [0.15, 0.2) is 0 Å². The highest BCUT2D eigenvalue weighted by molar-refractivity contribution is 7.89. The maximum atomic E-state index is 12.0. The number of hydrogen-bond donors (Lipinski definition) is 2. The van der Waals surface area contributed by atoms with Gasteiger partial charge in [0.25, 0.3) is 0 Å². The van der Waals surface area contributed by atoms with Gasteiger partial charge in [0.15, 0.2) is 0 Å². The lowest BCUT2D eigenvalue weighted by Crippen LogP contribution is -2.40. The Balaban J connectivity index is 0.00000242. The van der Waals surface area contributed by atoms with Crippen LogP contribution in [0.1, 0.15) is 44.9 Å². The monoisotopic (exact) mass is 353 g/mol. The molecule has 2 aliphatic rings. The highest BCUT2D eigenvalue weighted by Crippen LogP contribution is 2.24. The Morgan fingerprint density at radius 2 is 1.86 bits per heavy atom. The van der Waals surface area contributed by atoms with Gasteiger partial charge in [-0.15, -0.1) is 12.4 Å². The molecule has 1 aliphatic heterocycles. The predicted molar refractivity (Wildman–Crippen MR) is 89.4 cm³/mol. The van der Waals surface area contributed by atoms with Crippen LogP contribution >= 0.6 is 12.4 Å². The molecule has 22 heavy (non-hydrogen) atoms. The van der Waals surface area contributed by atoms with Crippen LogP contribution in [0.5, 0.6) is 0 Å². The number of sulfonamides is 1. The number of carbonyl (C=O) groups is 1. The van der Waals surface area contributed by atoms with Crippen molar-refractivity contribution in [2.24, 2.45) is 11.7 Å². The summed E-state index contributed by atoms with van der Waals surface area (Å²) in [5.41, 5.74) is 5.69. The number of nitrogens with zero attached hydrogens (tertiary/aromatic N) is 1. The van der Waals surface area contributed by atoms with Gasteiger partial charge in [0.1, 0.15) is 0 Å². The first-order chi connectivity index (χ1) is 10.0. The van der Waals surface area contributed by atoms with Crippen molar-refractivity contribution in [3.63, 3.8) is 0 Å². The summed E-state index contributed by atoms with van der Waals surface area (Å²) in [6.07, 6.45) is 5.73. The molecule has 1 heterocycles. The third kappa shape index (κ3) is 5.37. The molecule has 0 bridgehead atoms. The van der Waals surface area contributed by atoms with Crippen molar-refractivity contribution in [3.05, 3.63) is 0 Å². The van der Waals surface area contributed by atoms with Crippen molar-refractivity contribution in [2.75, 3.05) is 25.4 Å². The van der Waals surface area contributed by atoms with E-state index in [-0.39, 0.29) is 36.5 Å². The van der Waals surface area contributed by atoms with Crippen molar-refractivity contribution in [1.29, 1.82) is 0 Å². The summed E-state index contributed by atoms with van der Waals surface area (Å²) < 4.78 is 25.6. The fourth-order valence-electron chi connectivity index (χ4n) is 3.30. The van der Waals surface area contributed by atoms with Crippen LogP contribution in [0.4, 0.5) is 0 Å². The largest absolute Gasteiger partial charge is 0.353 e. The van der Waals surface area contributed by atoms with Crippen molar-refractivity contribution in [3.8, 4) is 0 Å². The molecule has 2 atom stereocenters. The molecule has 0 aromatic carbocycles. The quantitative estimate of drug-likeness (QED) is 0.710. The van der Waals surface area contributed by atoms with Crippen LogP contribution < -0.4 is 11.1 Å². The van der Waals surface area contributed by atoms with E-state index < -0.39 is 10.0 Å². The molecule has 6 nitrogen and oxygen atoms in total. The molecule has 0 spiro atoms. The van der Waals surface area contributed by atoms with Gasteiger partial charge in [0.05, 0.1) is 5.75 Å². The number of carbonyl (C=O) groups excluding carboxylic acids is 1. The molecule has 3 N–H and O–H groups in total. The summed E-state index contributed by atoms with van der Waals surface area (Å²) in [5, 5.41) is 3.01. The van der Waals surface area contributed by atoms with E-state index in [1.807, 2.05) is 0 Å². The first kappa shape index (κ1) is 19.7. The molecule has 2 fully saturated rings. The van der Waals surface area contributed by atoms with Crippen LogP contribution in [0, 0.1) is 5.92 Å². The summed E-state index contributed by atoms with van der Waals surface area (Å²) in [6, 6.07) is 0.178. The van der Waals surface area contributed by atoms with E-state index >= 15 is 0 Å². The highest BCUT2D eigenvalue weighted by Gasteiger charge is 2.28. The molecule has 0 radical (unpaired) electrons. The smallest absolute Gasteiger partial charge is 0.220 e. The number of nitrogens with two attached hydrogens (primary N) is 1. The molecule has 130 valence electrons. The summed E-state index contributed by atoms with van der Waals surface area (Å²) in [7, 11) is -3.17. The van der Waals surface area contributed by atoms with E-state index in [4.69, 9.17) is 5.73 Å². The second-order valence-corrected chi connectivity index (χ2v) is 8.21. The van der Waals surface area contributed by atoms with Crippen LogP contribution in [-0.4, -0.2) is 50.1 Å². The third-order valence-corrected chi connectivity index (χ3v) is 6.53. The van der Waals surface area contributed by atoms with Crippen LogP contribution in [0.3, 0.4) is 0 Å². The van der Waals surface area contributed by atoms with E-state index in [0.29, 0.717) is 32.0 Å². The molecule has 2 rings (SSSR count). The van der Waals surface area contributed by atoms with Gasteiger partial charge in [-0.3, -0.25) is 4.79 Å². The highest BCUT2D eigenvalue weighted by atomic mass is 35.5. The van der Waals surface area contributed by atoms with Gasteiger partial charge in [-0.25, -0.2) is 12.7 Å². The Morgan fingerprint density at radius 3 is 2.50 bits per heavy atom. The van der Waals surface area contributed by atoms with Gasteiger partial charge in [0.2, 0.25) is 15.9 Å². The van der Waals surface area contributed by atoms with E-state index in [0.717, 1.165) is 32.1 Å². The van der Waals surface area contributed by atoms with Crippen molar-refractivity contribution in [1.82, 2.24) is 9.62 Å². The Morgan fingerprint density at radius 1 is 1.18 bits per heavy atom. The fraction of sp³-hybridized carbons (Fsp3) is 0.929. The lowest BCUT2D eigenvalue weighted by molar-refractivity contribution is -0.122. The number of amides is 1. The average Bonchev–Trinajstić information content (AvgIpc) is 3.09. The van der Waals surface area contributed by atoms with Crippen molar-refractivity contribution >= 4 is 28.3 Å². The zero-order valence-electron chi connectivity index (χ0n) is 13.0. The summed E-state index contributed by atoms with van der Waals surface area (Å²) in [6.45, 7) is 1.87. The lowest BCUT2D eigenvalue weighted by Gasteiger charge is -2.19.